The van der Waals surface area contributed by atoms with Crippen molar-refractivity contribution in [1.29, 1.82) is 0 Å². The van der Waals surface area contributed by atoms with Crippen LogP contribution in [0.25, 0.3) is 0 Å². The van der Waals surface area contributed by atoms with E-state index in [2.05, 4.69) is 10.5 Å². The summed E-state index contributed by atoms with van der Waals surface area (Å²) < 4.78 is 23.1. The molecule has 4 N–H and O–H groups in total. The summed E-state index contributed by atoms with van der Waals surface area (Å²) >= 11 is 0. The van der Waals surface area contributed by atoms with E-state index in [4.69, 9.17) is 0 Å². The van der Waals surface area contributed by atoms with E-state index in [0.717, 1.165) is 0 Å². The minimum absolute atomic E-state index is 0.115. The van der Waals surface area contributed by atoms with E-state index < -0.39 is 10.0 Å². The van der Waals surface area contributed by atoms with Gasteiger partial charge >= 0.3 is 0 Å². The number of nitrogens with one attached hydrogen (secondary N) is 1. The first-order chi connectivity index (χ1) is 3.62. The maximum atomic E-state index is 10.4. The third-order valence-electron chi connectivity index (χ3n) is 0.724. The molecule has 0 aromatic carbocycles. The molecule has 0 radical (unpaired) electrons. The average molecular weight is 139 g/mol. The molecule has 0 aliphatic carbocycles. The highest BCUT2D eigenvalue weighted by molar-refractivity contribution is 7.89. The van der Waals surface area contributed by atoms with E-state index in [1.165, 1.54) is 7.05 Å². The van der Waals surface area contributed by atoms with Crippen LogP contribution in [0.4, 0.5) is 0 Å². The first kappa shape index (κ1) is 7.87. The van der Waals surface area contributed by atoms with E-state index in [-0.39, 0.29) is 5.75 Å². The fourth-order valence-electron chi connectivity index (χ4n) is 0.292. The lowest BCUT2D eigenvalue weighted by molar-refractivity contribution is -0.360. The van der Waals surface area contributed by atoms with Crippen molar-refractivity contribution in [3.8, 4) is 0 Å². The van der Waals surface area contributed by atoms with Gasteiger partial charge in [0.2, 0.25) is 10.0 Å². The van der Waals surface area contributed by atoms with Crippen LogP contribution in [0, 0.1) is 0 Å². The fraction of sp³-hybridized carbons (Fsp3) is 1.00. The van der Waals surface area contributed by atoms with Crippen LogP contribution in [0.5, 0.6) is 0 Å². The second-order valence-electron chi connectivity index (χ2n) is 1.38. The van der Waals surface area contributed by atoms with Crippen LogP contribution in [0.15, 0.2) is 0 Å². The van der Waals surface area contributed by atoms with Gasteiger partial charge in [0.15, 0.2) is 0 Å². The number of hydrogen-bond donors (Lipinski definition) is 2. The second-order valence-corrected chi connectivity index (χ2v) is 3.42. The van der Waals surface area contributed by atoms with Crippen LogP contribution in [-0.2, 0) is 10.0 Å². The molecular formula is C3H11N2O2S+. The maximum Gasteiger partial charge on any atom is 0.216 e. The SMILES string of the molecule is CNS(=O)(=O)CC[NH3+]. The molecule has 0 bridgehead atoms. The van der Waals surface area contributed by atoms with Crippen molar-refractivity contribution in [1.82, 2.24) is 4.72 Å². The summed E-state index contributed by atoms with van der Waals surface area (Å²) in [6.45, 7) is 0.420. The molecule has 0 atom stereocenters. The Morgan fingerprint density at radius 1 is 1.62 bits per heavy atom. The zero-order valence-corrected chi connectivity index (χ0v) is 5.66. The minimum Gasteiger partial charge on any atom is -0.357 e. The molecule has 0 fully saturated rings. The lowest BCUT2D eigenvalue weighted by Crippen LogP contribution is -2.54. The first-order valence-electron chi connectivity index (χ1n) is 2.33. The molecule has 4 nitrogen and oxygen atoms in total. The summed E-state index contributed by atoms with van der Waals surface area (Å²) in [7, 11) is -1.59. The molecule has 0 saturated carbocycles. The van der Waals surface area contributed by atoms with Crippen molar-refractivity contribution in [3.05, 3.63) is 0 Å². The monoisotopic (exact) mass is 139 g/mol. The molecule has 5 heteroatoms. The highest BCUT2D eigenvalue weighted by atomic mass is 32.2. The van der Waals surface area contributed by atoms with Gasteiger partial charge in [-0.25, -0.2) is 13.1 Å². The van der Waals surface area contributed by atoms with E-state index in [1.807, 2.05) is 0 Å². The quantitative estimate of drug-likeness (QED) is 0.464. The van der Waals surface area contributed by atoms with Gasteiger partial charge in [-0.15, -0.1) is 0 Å². The Morgan fingerprint density at radius 2 is 2.12 bits per heavy atom. The predicted octanol–water partition coefficient (Wildman–Crippen LogP) is -2.22. The molecular weight excluding hydrogens is 128 g/mol. The summed E-state index contributed by atoms with van der Waals surface area (Å²) in [5.74, 6) is 0.115. The van der Waals surface area contributed by atoms with Gasteiger partial charge in [-0.05, 0) is 7.05 Å². The number of rotatable bonds is 3. The Labute approximate surface area is 49.1 Å². The summed E-state index contributed by atoms with van der Waals surface area (Å²) in [5.41, 5.74) is 3.40. The molecule has 50 valence electrons. The van der Waals surface area contributed by atoms with Crippen LogP contribution in [-0.4, -0.2) is 27.8 Å². The van der Waals surface area contributed by atoms with Gasteiger partial charge < -0.3 is 5.73 Å². The molecule has 0 aromatic rings. The highest BCUT2D eigenvalue weighted by Gasteiger charge is 2.03. The van der Waals surface area contributed by atoms with Gasteiger partial charge in [0.25, 0.3) is 0 Å². The van der Waals surface area contributed by atoms with Crippen LogP contribution < -0.4 is 10.5 Å². The molecule has 0 heterocycles. The molecule has 0 amide bonds. The largest absolute Gasteiger partial charge is 0.357 e. The normalized spacial score (nSPS) is 11.8. The van der Waals surface area contributed by atoms with Gasteiger partial charge in [0.1, 0.15) is 5.75 Å². The standard InChI is InChI=1S/C3H10N2O2S/c1-5-8(6,7)3-2-4/h5H,2-4H2,1H3/p+1. The van der Waals surface area contributed by atoms with Crippen LogP contribution in [0.1, 0.15) is 0 Å². The van der Waals surface area contributed by atoms with E-state index in [0.29, 0.717) is 6.54 Å². The molecule has 0 saturated heterocycles. The summed E-state index contributed by atoms with van der Waals surface area (Å²) in [5, 5.41) is 0. The Hall–Kier alpha value is -0.130. The zero-order valence-electron chi connectivity index (χ0n) is 4.85. The third-order valence-corrected chi connectivity index (χ3v) is 2.17. The van der Waals surface area contributed by atoms with Crippen LogP contribution >= 0.6 is 0 Å². The summed E-state index contributed by atoms with van der Waals surface area (Å²) in [4.78, 5) is 0. The molecule has 0 aliphatic rings. The van der Waals surface area contributed by atoms with Crippen molar-refractivity contribution < 1.29 is 14.2 Å². The Morgan fingerprint density at radius 3 is 2.25 bits per heavy atom. The Bertz CT molecular complexity index is 139. The molecule has 8 heavy (non-hydrogen) atoms. The number of sulfonamides is 1. The number of quaternary nitrogens is 1. The lowest BCUT2D eigenvalue weighted by Gasteiger charge is -1.94. The maximum absolute atomic E-state index is 10.4. The minimum atomic E-state index is -2.98. The van der Waals surface area contributed by atoms with Crippen molar-refractivity contribution >= 4 is 10.0 Å². The van der Waals surface area contributed by atoms with E-state index >= 15 is 0 Å². The summed E-state index contributed by atoms with van der Waals surface area (Å²) in [6.07, 6.45) is 0. The van der Waals surface area contributed by atoms with Crippen molar-refractivity contribution in [2.24, 2.45) is 0 Å². The first-order valence-corrected chi connectivity index (χ1v) is 3.98. The molecule has 0 unspecified atom stereocenters. The second kappa shape index (κ2) is 3.01. The highest BCUT2D eigenvalue weighted by Crippen LogP contribution is 1.74. The number of hydrogen-bond acceptors (Lipinski definition) is 2. The zero-order chi connectivity index (χ0) is 6.62. The van der Waals surface area contributed by atoms with Crippen LogP contribution in [0.2, 0.25) is 0 Å². The Balaban J connectivity index is 3.76. The average Bonchev–Trinajstić information content (AvgIpc) is 1.67. The van der Waals surface area contributed by atoms with Gasteiger partial charge in [0.05, 0.1) is 6.54 Å². The molecule has 0 aliphatic heterocycles. The van der Waals surface area contributed by atoms with Crippen molar-refractivity contribution in [2.75, 3.05) is 19.3 Å². The van der Waals surface area contributed by atoms with E-state index in [9.17, 15) is 8.42 Å². The topological polar surface area (TPSA) is 73.8 Å². The van der Waals surface area contributed by atoms with Gasteiger partial charge in [-0.3, -0.25) is 0 Å². The van der Waals surface area contributed by atoms with E-state index in [1.54, 1.807) is 0 Å². The van der Waals surface area contributed by atoms with Crippen LogP contribution in [0.3, 0.4) is 0 Å². The molecule has 0 rings (SSSR count). The third kappa shape index (κ3) is 2.95. The predicted molar refractivity (Wildman–Crippen MR) is 30.6 cm³/mol. The van der Waals surface area contributed by atoms with Gasteiger partial charge in [-0.1, -0.05) is 0 Å². The molecule has 0 aromatic heterocycles. The Kier molecular flexibility index (Phi) is 2.96. The fourth-order valence-corrected chi connectivity index (χ4v) is 0.876. The lowest BCUT2D eigenvalue weighted by atomic mass is 10.8. The van der Waals surface area contributed by atoms with Gasteiger partial charge in [-0.2, -0.15) is 0 Å². The smallest absolute Gasteiger partial charge is 0.216 e. The van der Waals surface area contributed by atoms with Crippen molar-refractivity contribution in [3.63, 3.8) is 0 Å². The van der Waals surface area contributed by atoms with Gasteiger partial charge in [0, 0.05) is 0 Å². The molecule has 0 spiro atoms. The summed E-state index contributed by atoms with van der Waals surface area (Å²) in [6, 6.07) is 0. The van der Waals surface area contributed by atoms with Crippen molar-refractivity contribution in [2.45, 2.75) is 0 Å².